The van der Waals surface area contributed by atoms with Gasteiger partial charge in [-0.25, -0.2) is 13.2 Å². The van der Waals surface area contributed by atoms with Crippen molar-refractivity contribution in [1.29, 1.82) is 0 Å². The molecule has 2 saturated carbocycles. The second kappa shape index (κ2) is 14.6. The molecule has 0 spiro atoms. The fourth-order valence-corrected chi connectivity index (χ4v) is 9.01. The van der Waals surface area contributed by atoms with Crippen LogP contribution in [0.5, 0.6) is 11.8 Å². The number of benzene rings is 1. The molecule has 1 aromatic carbocycles. The quantitative estimate of drug-likeness (QED) is 0.277. The largest absolute Gasteiger partial charge is 0.475 e. The van der Waals surface area contributed by atoms with E-state index in [2.05, 4.69) is 20.3 Å². The van der Waals surface area contributed by atoms with Gasteiger partial charge in [-0.3, -0.25) is 19.1 Å². The summed E-state index contributed by atoms with van der Waals surface area (Å²) in [5.41, 5.74) is -1.56. The molecule has 0 radical (unpaired) electrons. The van der Waals surface area contributed by atoms with Crippen LogP contribution in [-0.2, 0) is 24.4 Å². The van der Waals surface area contributed by atoms with Crippen LogP contribution in [0.1, 0.15) is 79.6 Å². The number of sulfonamides is 1. The first-order chi connectivity index (χ1) is 24.9. The summed E-state index contributed by atoms with van der Waals surface area (Å²) in [4.78, 5) is 60.6. The van der Waals surface area contributed by atoms with Gasteiger partial charge in [0, 0.05) is 34.2 Å². The number of allylic oxidation sites excluding steroid dienone is 1. The van der Waals surface area contributed by atoms with Crippen LogP contribution >= 0.6 is 11.6 Å². The molecule has 288 valence electrons. The van der Waals surface area contributed by atoms with Gasteiger partial charge in [0.1, 0.15) is 23.7 Å². The maximum atomic E-state index is 14.4. The number of nitrogens with one attached hydrogen (secondary N) is 3. The molecule has 0 unspecified atom stereocenters. The van der Waals surface area contributed by atoms with E-state index >= 15 is 0 Å². The lowest BCUT2D eigenvalue weighted by molar-refractivity contribution is -0.142. The van der Waals surface area contributed by atoms with Crippen LogP contribution in [0, 0.1) is 17.8 Å². The Kier molecular flexibility index (Phi) is 10.6. The summed E-state index contributed by atoms with van der Waals surface area (Å²) < 4.78 is 39.8. The van der Waals surface area contributed by atoms with Crippen molar-refractivity contribution < 1.29 is 42.2 Å². The Labute approximate surface area is 314 Å². The lowest BCUT2D eigenvalue weighted by Crippen LogP contribution is -2.59. The van der Waals surface area contributed by atoms with Crippen molar-refractivity contribution in [3.8, 4) is 11.8 Å². The Morgan fingerprint density at radius 2 is 1.89 bits per heavy atom. The molecule has 1 aromatic heterocycles. The molecule has 4 aliphatic rings. The average molecular weight is 774 g/mol. The van der Waals surface area contributed by atoms with Gasteiger partial charge < -0.3 is 30.1 Å². The summed E-state index contributed by atoms with van der Waals surface area (Å²) in [5, 5.41) is 16.7. The molecule has 0 bridgehead atoms. The Balaban J connectivity index is 1.36. The summed E-state index contributed by atoms with van der Waals surface area (Å²) in [5.74, 6) is -2.48. The molecule has 1 saturated heterocycles. The zero-order valence-corrected chi connectivity index (χ0v) is 32.1. The van der Waals surface area contributed by atoms with Crippen molar-refractivity contribution in [2.24, 2.45) is 17.8 Å². The molecule has 14 nitrogen and oxygen atoms in total. The third-order valence-electron chi connectivity index (χ3n) is 10.9. The molecular formula is C37H48ClN5O9S. The molecular weight excluding hydrogens is 726 g/mol. The third-order valence-corrected chi connectivity index (χ3v) is 13.4. The first kappa shape index (κ1) is 38.6. The zero-order chi connectivity index (χ0) is 38.5. The number of carbonyl (C=O) groups excluding carboxylic acids is 3. The van der Waals surface area contributed by atoms with Gasteiger partial charge in [-0.05, 0) is 83.3 Å². The minimum atomic E-state index is -4.01. The molecule has 53 heavy (non-hydrogen) atoms. The van der Waals surface area contributed by atoms with E-state index < -0.39 is 74.1 Å². The zero-order valence-electron chi connectivity index (χ0n) is 30.6. The van der Waals surface area contributed by atoms with Gasteiger partial charge in [0.2, 0.25) is 33.6 Å². The van der Waals surface area contributed by atoms with Crippen LogP contribution in [0.25, 0.3) is 10.8 Å². The maximum absolute atomic E-state index is 14.4. The summed E-state index contributed by atoms with van der Waals surface area (Å²) >= 11 is 6.55. The van der Waals surface area contributed by atoms with E-state index in [1.807, 2.05) is 32.9 Å². The standard InChI is InChI=1S/C37H48ClN5O9S/c1-20(2)51-29-17-26-25(11-8-12-27(26)38)32(39-29)52-24-16-28-31(44)41-37(34(46)42-53(49,50)36(5)13-14-36)18-23(37)10-7-6-9-21(3)15-22(4)30(40-35(47)48)33(45)43(28)19-24/h7-8,10-12,17,20-24,28,30,40H,6,9,13-16,18-19H2,1-5H3,(H,41,44)(H,42,46)(H,47,48)/b10-7-/t21-,22+,23+,24+,28-,30-,37+/m0/s1. The first-order valence-corrected chi connectivity index (χ1v) is 20.1. The van der Waals surface area contributed by atoms with Crippen LogP contribution in [0.4, 0.5) is 4.79 Å². The van der Waals surface area contributed by atoms with E-state index in [4.69, 9.17) is 21.1 Å². The van der Waals surface area contributed by atoms with Crippen molar-refractivity contribution >= 4 is 56.2 Å². The number of hydrogen-bond acceptors (Lipinski definition) is 9. The lowest BCUT2D eigenvalue weighted by Gasteiger charge is -2.32. The Hall–Kier alpha value is -4.11. The summed E-state index contributed by atoms with van der Waals surface area (Å²) in [6.45, 7) is 9.00. The van der Waals surface area contributed by atoms with E-state index in [0.29, 0.717) is 41.5 Å². The fraction of sp³-hybridized carbons (Fsp3) is 0.595. The highest BCUT2D eigenvalue weighted by atomic mass is 35.5. The highest BCUT2D eigenvalue weighted by molar-refractivity contribution is 7.91. The number of amides is 4. The second-order valence-corrected chi connectivity index (χ2v) is 18.3. The Morgan fingerprint density at radius 3 is 2.57 bits per heavy atom. The van der Waals surface area contributed by atoms with Crippen molar-refractivity contribution in [2.75, 3.05) is 6.54 Å². The number of halogens is 1. The molecule has 2 aromatic rings. The number of hydrogen-bond donors (Lipinski definition) is 4. The van der Waals surface area contributed by atoms with Crippen molar-refractivity contribution in [3.63, 3.8) is 0 Å². The number of rotatable bonds is 8. The molecule has 2 aliphatic heterocycles. The van der Waals surface area contributed by atoms with Gasteiger partial charge in [0.15, 0.2) is 0 Å². The lowest BCUT2D eigenvalue weighted by atomic mass is 9.88. The smallest absolute Gasteiger partial charge is 0.405 e. The van der Waals surface area contributed by atoms with Gasteiger partial charge in [0.05, 0.1) is 17.4 Å². The number of carbonyl (C=O) groups is 4. The fourth-order valence-electron chi connectivity index (χ4n) is 7.47. The number of nitrogens with zero attached hydrogens (tertiary/aromatic N) is 2. The van der Waals surface area contributed by atoms with E-state index in [9.17, 15) is 32.7 Å². The maximum Gasteiger partial charge on any atom is 0.405 e. The Morgan fingerprint density at radius 1 is 1.15 bits per heavy atom. The van der Waals surface area contributed by atoms with E-state index in [1.165, 1.54) is 4.90 Å². The van der Waals surface area contributed by atoms with Crippen LogP contribution < -0.4 is 24.8 Å². The molecule has 2 aliphatic carbocycles. The van der Waals surface area contributed by atoms with E-state index in [-0.39, 0.29) is 43.2 Å². The summed E-state index contributed by atoms with van der Waals surface area (Å²) in [6, 6.07) is 4.58. The van der Waals surface area contributed by atoms with E-state index in [0.717, 1.165) is 6.42 Å². The normalized spacial score (nSPS) is 30.6. The van der Waals surface area contributed by atoms with Crippen molar-refractivity contribution in [2.45, 2.75) is 114 Å². The summed E-state index contributed by atoms with van der Waals surface area (Å²) in [6.07, 6.45) is 4.25. The van der Waals surface area contributed by atoms with Gasteiger partial charge in [-0.1, -0.05) is 43.7 Å². The van der Waals surface area contributed by atoms with Gasteiger partial charge in [0.25, 0.3) is 5.91 Å². The topological polar surface area (TPSA) is 193 Å². The van der Waals surface area contributed by atoms with Crippen LogP contribution in [0.3, 0.4) is 0 Å². The molecule has 4 N–H and O–H groups in total. The number of ether oxygens (including phenoxy) is 2. The van der Waals surface area contributed by atoms with Gasteiger partial charge >= 0.3 is 6.09 Å². The van der Waals surface area contributed by atoms with Gasteiger partial charge in [-0.15, -0.1) is 0 Å². The Bertz CT molecular complexity index is 1940. The number of carboxylic acid groups (broad SMARTS) is 1. The van der Waals surface area contributed by atoms with Crippen LogP contribution in [0.15, 0.2) is 36.4 Å². The molecule has 4 amide bonds. The minimum Gasteiger partial charge on any atom is -0.475 e. The third kappa shape index (κ3) is 8.06. The van der Waals surface area contributed by atoms with Crippen LogP contribution in [-0.4, -0.2) is 88.3 Å². The average Bonchev–Trinajstić information content (AvgIpc) is 3.95. The monoisotopic (exact) mass is 773 g/mol. The SMILES string of the molecule is CC(C)Oc1cc2c(Cl)cccc2c(O[C@@H]2C[C@H]3C(=O)N[C@]4(C(=O)NS(=O)(=O)C5(C)CC5)C[C@H]4/C=C\CC[C@H](C)C[C@@H](C)[C@H](NC(=O)O)C(=O)N3C2)n1. The highest BCUT2D eigenvalue weighted by Crippen LogP contribution is 2.47. The molecule has 3 heterocycles. The number of fused-ring (bicyclic) bond motifs is 3. The highest BCUT2D eigenvalue weighted by Gasteiger charge is 2.63. The van der Waals surface area contributed by atoms with Crippen LogP contribution in [0.2, 0.25) is 5.02 Å². The van der Waals surface area contributed by atoms with Crippen molar-refractivity contribution in [1.82, 2.24) is 25.2 Å². The molecule has 3 fully saturated rings. The second-order valence-electron chi connectivity index (χ2n) is 15.7. The molecule has 7 atom stereocenters. The molecule has 16 heteroatoms. The van der Waals surface area contributed by atoms with E-state index in [1.54, 1.807) is 38.1 Å². The van der Waals surface area contributed by atoms with Gasteiger partial charge in [-0.2, -0.15) is 4.98 Å². The van der Waals surface area contributed by atoms with Crippen molar-refractivity contribution in [3.05, 3.63) is 41.4 Å². The number of aromatic nitrogens is 1. The number of pyridine rings is 1. The summed E-state index contributed by atoms with van der Waals surface area (Å²) in [7, 11) is -4.01. The minimum absolute atomic E-state index is 0.0320. The molecule has 6 rings (SSSR count). The predicted octanol–water partition coefficient (Wildman–Crippen LogP) is 4.55. The predicted molar refractivity (Wildman–Crippen MR) is 197 cm³/mol. The first-order valence-electron chi connectivity index (χ1n) is 18.2.